The van der Waals surface area contributed by atoms with Gasteiger partial charge in [0.2, 0.25) is 11.8 Å². The fraction of sp³-hybridized carbons (Fsp3) is 0.450. The lowest BCUT2D eigenvalue weighted by atomic mass is 9.90. The van der Waals surface area contributed by atoms with Crippen molar-refractivity contribution in [3.05, 3.63) is 46.7 Å². The summed E-state index contributed by atoms with van der Waals surface area (Å²) < 4.78 is 5.26. The number of hydrogen-bond donors (Lipinski definition) is 2. The van der Waals surface area contributed by atoms with Gasteiger partial charge in [-0.3, -0.25) is 9.69 Å². The molecule has 7 nitrogen and oxygen atoms in total. The van der Waals surface area contributed by atoms with Crippen molar-refractivity contribution in [3.8, 4) is 5.88 Å². The van der Waals surface area contributed by atoms with Gasteiger partial charge in [-0.2, -0.15) is 0 Å². The summed E-state index contributed by atoms with van der Waals surface area (Å²) in [5, 5.41) is 3.40. The number of nitrogens with one attached hydrogen (secondary N) is 1. The Kier molecular flexibility index (Phi) is 6.83. The van der Waals surface area contributed by atoms with Gasteiger partial charge >= 0.3 is 0 Å². The number of ether oxygens (including phenoxy) is 1. The first-order valence-corrected chi connectivity index (χ1v) is 9.79. The number of nitrogens with two attached hydrogens (primary N) is 1. The van der Waals surface area contributed by atoms with E-state index in [1.165, 1.54) is 6.20 Å². The smallest absolute Gasteiger partial charge is 0.242 e. The van der Waals surface area contributed by atoms with Gasteiger partial charge in [0.15, 0.2) is 0 Å². The number of pyridine rings is 2. The molecule has 150 valence electrons. The topological polar surface area (TPSA) is 93.4 Å². The quantitative estimate of drug-likeness (QED) is 0.770. The van der Waals surface area contributed by atoms with Gasteiger partial charge < -0.3 is 15.8 Å². The highest BCUT2D eigenvalue weighted by molar-refractivity contribution is 6.30. The molecule has 1 aliphatic heterocycles. The van der Waals surface area contributed by atoms with Crippen molar-refractivity contribution in [3.63, 3.8) is 0 Å². The Balaban J connectivity index is 1.66. The maximum Gasteiger partial charge on any atom is 0.242 e. The highest BCUT2D eigenvalue weighted by Crippen LogP contribution is 2.30. The van der Waals surface area contributed by atoms with E-state index in [1.54, 1.807) is 19.2 Å². The summed E-state index contributed by atoms with van der Waals surface area (Å²) in [6.45, 7) is 3.98. The Hall–Kier alpha value is -2.22. The molecule has 0 saturated carbocycles. The minimum absolute atomic E-state index is 0.0778. The molecule has 0 bridgehead atoms. The number of nitrogens with zero attached hydrogens (tertiary/aromatic N) is 3. The fourth-order valence-electron chi connectivity index (χ4n) is 3.55. The fourth-order valence-corrected chi connectivity index (χ4v) is 3.66. The molecular formula is C20H26ClN5O2. The van der Waals surface area contributed by atoms with Crippen molar-refractivity contribution >= 4 is 23.3 Å². The van der Waals surface area contributed by atoms with E-state index in [9.17, 15) is 4.79 Å². The molecule has 3 heterocycles. The van der Waals surface area contributed by atoms with E-state index in [2.05, 4.69) is 26.3 Å². The monoisotopic (exact) mass is 403 g/mol. The van der Waals surface area contributed by atoms with Gasteiger partial charge in [-0.1, -0.05) is 11.6 Å². The lowest BCUT2D eigenvalue weighted by molar-refractivity contribution is -0.121. The van der Waals surface area contributed by atoms with Crippen LogP contribution in [0.4, 0.5) is 5.82 Å². The molecule has 0 radical (unpaired) electrons. The molecule has 2 atom stereocenters. The minimum Gasteiger partial charge on any atom is -0.481 e. The zero-order valence-electron chi connectivity index (χ0n) is 16.2. The highest BCUT2D eigenvalue weighted by Gasteiger charge is 2.29. The van der Waals surface area contributed by atoms with Gasteiger partial charge in [0.05, 0.1) is 18.2 Å². The molecule has 1 amide bonds. The number of carbonyl (C=O) groups excluding carboxylic acids is 1. The van der Waals surface area contributed by atoms with Crippen LogP contribution in [-0.2, 0) is 11.3 Å². The molecule has 1 aliphatic rings. The molecule has 2 aromatic rings. The minimum atomic E-state index is -0.263. The largest absolute Gasteiger partial charge is 0.481 e. The van der Waals surface area contributed by atoms with Gasteiger partial charge in [0.25, 0.3) is 0 Å². The number of hydrogen-bond acceptors (Lipinski definition) is 6. The Bertz CT molecular complexity index is 815. The third-order valence-corrected chi connectivity index (χ3v) is 5.41. The molecule has 0 spiro atoms. The van der Waals surface area contributed by atoms with Crippen LogP contribution in [-0.4, -0.2) is 47.0 Å². The predicted octanol–water partition coefficient (Wildman–Crippen LogP) is 2.80. The second-order valence-electron chi connectivity index (χ2n) is 7.00. The van der Waals surface area contributed by atoms with E-state index >= 15 is 0 Å². The maximum atomic E-state index is 12.7. The third-order valence-electron chi connectivity index (χ3n) is 5.19. The molecule has 1 fully saturated rings. The van der Waals surface area contributed by atoms with Crippen LogP contribution in [0.1, 0.15) is 36.8 Å². The molecule has 28 heavy (non-hydrogen) atoms. The van der Waals surface area contributed by atoms with Crippen LogP contribution < -0.4 is 15.8 Å². The summed E-state index contributed by atoms with van der Waals surface area (Å²) in [6, 6.07) is 5.21. The second-order valence-corrected chi connectivity index (χ2v) is 7.44. The zero-order chi connectivity index (χ0) is 20.1. The van der Waals surface area contributed by atoms with Crippen LogP contribution in [0.25, 0.3) is 0 Å². The van der Waals surface area contributed by atoms with Crippen molar-refractivity contribution in [2.75, 3.05) is 25.5 Å². The van der Waals surface area contributed by atoms with E-state index in [1.807, 2.05) is 13.1 Å². The average Bonchev–Trinajstić information content (AvgIpc) is 2.74. The molecule has 2 aromatic heterocycles. The molecular weight excluding hydrogens is 378 g/mol. The van der Waals surface area contributed by atoms with E-state index in [0.29, 0.717) is 29.2 Å². The Morgan fingerprint density at radius 1 is 1.43 bits per heavy atom. The molecule has 3 rings (SSSR count). The van der Waals surface area contributed by atoms with Crippen LogP contribution in [0.5, 0.6) is 5.88 Å². The Morgan fingerprint density at radius 2 is 2.25 bits per heavy atom. The van der Waals surface area contributed by atoms with Gasteiger partial charge in [-0.25, -0.2) is 9.97 Å². The average molecular weight is 404 g/mol. The van der Waals surface area contributed by atoms with E-state index in [4.69, 9.17) is 22.1 Å². The van der Waals surface area contributed by atoms with Gasteiger partial charge in [-0.15, -0.1) is 0 Å². The van der Waals surface area contributed by atoms with Crippen LogP contribution in [0.15, 0.2) is 30.6 Å². The highest BCUT2D eigenvalue weighted by atomic mass is 35.5. The first-order valence-electron chi connectivity index (χ1n) is 9.41. The van der Waals surface area contributed by atoms with Crippen LogP contribution in [0.3, 0.4) is 0 Å². The van der Waals surface area contributed by atoms with Gasteiger partial charge in [0, 0.05) is 31.0 Å². The van der Waals surface area contributed by atoms with E-state index < -0.39 is 0 Å². The summed E-state index contributed by atoms with van der Waals surface area (Å²) in [6.07, 6.45) is 5.45. The van der Waals surface area contributed by atoms with Crippen LogP contribution in [0, 0.1) is 0 Å². The third kappa shape index (κ3) is 4.79. The first-order chi connectivity index (χ1) is 13.5. The van der Waals surface area contributed by atoms with Crippen LogP contribution in [0.2, 0.25) is 5.02 Å². The SMILES string of the molecule is COc1ncc(C2CCCN(C(C)C(=O)Nc3ccc(Cl)cn3)C2)cc1CN. The summed E-state index contributed by atoms with van der Waals surface area (Å²) in [7, 11) is 1.60. The molecule has 0 aliphatic carbocycles. The summed E-state index contributed by atoms with van der Waals surface area (Å²) in [4.78, 5) is 23.4. The lowest BCUT2D eigenvalue weighted by Crippen LogP contribution is -2.46. The standard InChI is InChI=1S/C20H26ClN5O2/c1-13(19(27)25-18-6-5-17(21)11-23-18)26-7-3-4-14(12-26)16-8-15(9-22)20(28-2)24-10-16/h5-6,8,10-11,13-14H,3-4,7,9,12,22H2,1-2H3,(H,23,25,27). The maximum absolute atomic E-state index is 12.7. The van der Waals surface area contributed by atoms with Gasteiger partial charge in [0.1, 0.15) is 5.82 Å². The normalized spacial score (nSPS) is 18.5. The van der Waals surface area contributed by atoms with E-state index in [-0.39, 0.29) is 11.9 Å². The number of amides is 1. The predicted molar refractivity (Wildman–Crippen MR) is 110 cm³/mol. The van der Waals surface area contributed by atoms with Crippen molar-refractivity contribution in [1.82, 2.24) is 14.9 Å². The van der Waals surface area contributed by atoms with Crippen LogP contribution >= 0.6 is 11.6 Å². The zero-order valence-corrected chi connectivity index (χ0v) is 16.9. The van der Waals surface area contributed by atoms with E-state index in [0.717, 1.165) is 37.1 Å². The first kappa shape index (κ1) is 20.5. The summed E-state index contributed by atoms with van der Waals surface area (Å²) >= 11 is 5.84. The number of methoxy groups -OCH3 is 1. The molecule has 0 aromatic carbocycles. The summed E-state index contributed by atoms with van der Waals surface area (Å²) in [5.74, 6) is 1.30. The molecule has 1 saturated heterocycles. The summed E-state index contributed by atoms with van der Waals surface area (Å²) in [5.41, 5.74) is 7.86. The number of rotatable bonds is 6. The lowest BCUT2D eigenvalue weighted by Gasteiger charge is -2.36. The second kappa shape index (κ2) is 9.32. The Labute approximate surface area is 170 Å². The number of halogens is 1. The van der Waals surface area contributed by atoms with Crippen molar-refractivity contribution in [2.24, 2.45) is 5.73 Å². The number of aromatic nitrogens is 2. The Morgan fingerprint density at radius 3 is 2.93 bits per heavy atom. The number of piperidine rings is 1. The molecule has 8 heteroatoms. The number of carbonyl (C=O) groups is 1. The van der Waals surface area contributed by atoms with Crippen molar-refractivity contribution in [2.45, 2.75) is 38.3 Å². The number of likely N-dealkylation sites (tertiary alicyclic amines) is 1. The molecule has 2 unspecified atom stereocenters. The van der Waals surface area contributed by atoms with Crippen molar-refractivity contribution < 1.29 is 9.53 Å². The number of anilines is 1. The van der Waals surface area contributed by atoms with Gasteiger partial charge in [-0.05, 0) is 56.0 Å². The molecule has 3 N–H and O–H groups in total. The van der Waals surface area contributed by atoms with Crippen molar-refractivity contribution in [1.29, 1.82) is 0 Å².